The Bertz CT molecular complexity index is 670. The van der Waals surface area contributed by atoms with Crippen LogP contribution in [0.4, 0.5) is 5.82 Å². The molecule has 3 heterocycles. The zero-order valence-electron chi connectivity index (χ0n) is 14.3. The highest BCUT2D eigenvalue weighted by atomic mass is 16.3. The lowest BCUT2D eigenvalue weighted by Gasteiger charge is -2.17. The molecule has 1 aliphatic rings. The Labute approximate surface area is 147 Å². The van der Waals surface area contributed by atoms with E-state index in [2.05, 4.69) is 20.2 Å². The van der Waals surface area contributed by atoms with Crippen molar-refractivity contribution in [2.24, 2.45) is 5.92 Å². The number of hydrogen-bond donors (Lipinski definition) is 2. The van der Waals surface area contributed by atoms with Crippen LogP contribution in [-0.2, 0) is 6.42 Å². The summed E-state index contributed by atoms with van der Waals surface area (Å²) >= 11 is 0. The van der Waals surface area contributed by atoms with Crippen molar-refractivity contribution in [3.8, 4) is 0 Å². The van der Waals surface area contributed by atoms with Gasteiger partial charge in [0.15, 0.2) is 0 Å². The molecule has 1 atom stereocenters. The van der Waals surface area contributed by atoms with Crippen LogP contribution in [0.15, 0.2) is 42.7 Å². The minimum absolute atomic E-state index is 0.00298. The quantitative estimate of drug-likeness (QED) is 0.801. The maximum Gasteiger partial charge on any atom is 0.252 e. The van der Waals surface area contributed by atoms with Gasteiger partial charge in [0.1, 0.15) is 5.82 Å². The van der Waals surface area contributed by atoms with E-state index in [0.717, 1.165) is 24.6 Å². The monoisotopic (exact) mass is 340 g/mol. The van der Waals surface area contributed by atoms with Crippen LogP contribution in [0.2, 0.25) is 0 Å². The summed E-state index contributed by atoms with van der Waals surface area (Å²) in [5, 5.41) is 12.4. The molecule has 0 aromatic carbocycles. The van der Waals surface area contributed by atoms with Gasteiger partial charge >= 0.3 is 0 Å². The Balaban J connectivity index is 1.52. The van der Waals surface area contributed by atoms with E-state index in [-0.39, 0.29) is 18.4 Å². The molecule has 1 saturated heterocycles. The second kappa shape index (κ2) is 8.58. The number of hydrogen-bond acceptors (Lipinski definition) is 5. The summed E-state index contributed by atoms with van der Waals surface area (Å²) in [6.07, 6.45) is 6.38. The van der Waals surface area contributed by atoms with Gasteiger partial charge in [-0.3, -0.25) is 9.78 Å². The fraction of sp³-hybridized carbons (Fsp3) is 0.421. The van der Waals surface area contributed by atoms with Crippen molar-refractivity contribution in [3.63, 3.8) is 0 Å². The van der Waals surface area contributed by atoms with Gasteiger partial charge in [-0.25, -0.2) is 4.98 Å². The summed E-state index contributed by atoms with van der Waals surface area (Å²) < 4.78 is 0. The average molecular weight is 340 g/mol. The third kappa shape index (κ3) is 4.76. The van der Waals surface area contributed by atoms with Gasteiger partial charge in [0.25, 0.3) is 5.91 Å². The minimum atomic E-state index is -0.167. The van der Waals surface area contributed by atoms with Gasteiger partial charge in [-0.05, 0) is 43.5 Å². The van der Waals surface area contributed by atoms with Crippen LogP contribution in [0.1, 0.15) is 28.9 Å². The van der Waals surface area contributed by atoms with Crippen LogP contribution in [-0.4, -0.2) is 47.2 Å². The lowest BCUT2D eigenvalue weighted by atomic mass is 10.0. The lowest BCUT2D eigenvalue weighted by molar-refractivity contribution is 0.0939. The second-order valence-electron chi connectivity index (χ2n) is 6.38. The molecule has 6 heteroatoms. The van der Waals surface area contributed by atoms with Crippen molar-refractivity contribution in [2.45, 2.75) is 19.3 Å². The molecule has 25 heavy (non-hydrogen) atoms. The number of aliphatic hydroxyl groups excluding tert-OH is 1. The first-order valence-corrected chi connectivity index (χ1v) is 8.76. The predicted octanol–water partition coefficient (Wildman–Crippen LogP) is 1.66. The Kier molecular flexibility index (Phi) is 5.95. The smallest absolute Gasteiger partial charge is 0.252 e. The van der Waals surface area contributed by atoms with Crippen molar-refractivity contribution < 1.29 is 9.90 Å². The van der Waals surface area contributed by atoms with Crippen molar-refractivity contribution in [1.29, 1.82) is 0 Å². The van der Waals surface area contributed by atoms with Crippen LogP contribution >= 0.6 is 0 Å². The number of pyridine rings is 2. The first kappa shape index (κ1) is 17.4. The van der Waals surface area contributed by atoms with Crippen molar-refractivity contribution in [1.82, 2.24) is 15.3 Å². The molecule has 0 bridgehead atoms. The summed E-state index contributed by atoms with van der Waals surface area (Å²) in [5.74, 6) is 0.702. The van der Waals surface area contributed by atoms with Gasteiger partial charge in [-0.15, -0.1) is 0 Å². The molecule has 1 fully saturated rings. The van der Waals surface area contributed by atoms with E-state index in [1.165, 1.54) is 12.8 Å². The van der Waals surface area contributed by atoms with Gasteiger partial charge in [-0.1, -0.05) is 6.07 Å². The zero-order valence-corrected chi connectivity index (χ0v) is 14.3. The molecule has 6 nitrogen and oxygen atoms in total. The van der Waals surface area contributed by atoms with Crippen LogP contribution < -0.4 is 10.2 Å². The molecular weight excluding hydrogens is 316 g/mol. The van der Waals surface area contributed by atoms with Gasteiger partial charge < -0.3 is 15.3 Å². The first-order valence-electron chi connectivity index (χ1n) is 8.76. The molecule has 0 radical (unpaired) electrons. The Morgan fingerprint density at radius 1 is 1.20 bits per heavy atom. The van der Waals surface area contributed by atoms with Gasteiger partial charge in [0.05, 0.1) is 5.56 Å². The van der Waals surface area contributed by atoms with E-state index in [9.17, 15) is 9.90 Å². The summed E-state index contributed by atoms with van der Waals surface area (Å²) in [6.45, 7) is 2.47. The molecule has 0 spiro atoms. The Morgan fingerprint density at radius 2 is 2.04 bits per heavy atom. The standard InChI is InChI=1S/C19H24N4O2/c24-14-15(11-17-5-1-2-8-20-17)12-22-19(25)16-6-7-18(21-13-16)23-9-3-4-10-23/h1-2,5-8,13,15,24H,3-4,9-12,14H2,(H,22,25). The summed E-state index contributed by atoms with van der Waals surface area (Å²) in [7, 11) is 0. The fourth-order valence-corrected chi connectivity index (χ4v) is 3.01. The highest BCUT2D eigenvalue weighted by Crippen LogP contribution is 2.17. The topological polar surface area (TPSA) is 78.3 Å². The van der Waals surface area contributed by atoms with Crippen LogP contribution in [0.3, 0.4) is 0 Å². The average Bonchev–Trinajstić information content (AvgIpc) is 3.20. The van der Waals surface area contributed by atoms with Crippen LogP contribution in [0.5, 0.6) is 0 Å². The SMILES string of the molecule is O=C(NCC(CO)Cc1ccccn1)c1ccc(N2CCCC2)nc1. The number of rotatable bonds is 7. The molecule has 0 aliphatic carbocycles. The maximum absolute atomic E-state index is 12.3. The molecule has 2 N–H and O–H groups in total. The van der Waals surface area contributed by atoms with Crippen LogP contribution in [0.25, 0.3) is 0 Å². The number of nitrogens with zero attached hydrogens (tertiary/aromatic N) is 3. The highest BCUT2D eigenvalue weighted by Gasteiger charge is 2.15. The number of aliphatic hydroxyl groups is 1. The van der Waals surface area contributed by atoms with Gasteiger partial charge in [0.2, 0.25) is 0 Å². The third-order valence-electron chi connectivity index (χ3n) is 4.47. The molecule has 1 aliphatic heterocycles. The maximum atomic E-state index is 12.3. The van der Waals surface area contributed by atoms with E-state index in [0.29, 0.717) is 18.5 Å². The molecular formula is C19H24N4O2. The summed E-state index contributed by atoms with van der Waals surface area (Å²) in [5.41, 5.74) is 1.45. The van der Waals surface area contributed by atoms with E-state index < -0.39 is 0 Å². The number of anilines is 1. The fourth-order valence-electron chi connectivity index (χ4n) is 3.01. The van der Waals surface area contributed by atoms with Gasteiger partial charge in [0, 0.05) is 50.2 Å². The molecule has 132 valence electrons. The lowest BCUT2D eigenvalue weighted by Crippen LogP contribution is -2.32. The molecule has 1 unspecified atom stereocenters. The van der Waals surface area contributed by atoms with E-state index in [4.69, 9.17) is 0 Å². The highest BCUT2D eigenvalue weighted by molar-refractivity contribution is 5.94. The predicted molar refractivity (Wildman–Crippen MR) is 96.5 cm³/mol. The number of nitrogens with one attached hydrogen (secondary N) is 1. The Morgan fingerprint density at radius 3 is 2.68 bits per heavy atom. The largest absolute Gasteiger partial charge is 0.396 e. The third-order valence-corrected chi connectivity index (χ3v) is 4.47. The van der Waals surface area contributed by atoms with Crippen molar-refractivity contribution in [2.75, 3.05) is 31.1 Å². The van der Waals surface area contributed by atoms with E-state index in [1.54, 1.807) is 12.4 Å². The summed E-state index contributed by atoms with van der Waals surface area (Å²) in [4.78, 5) is 23.2. The van der Waals surface area contributed by atoms with E-state index >= 15 is 0 Å². The summed E-state index contributed by atoms with van der Waals surface area (Å²) in [6, 6.07) is 9.41. The zero-order chi connectivity index (χ0) is 17.5. The number of amides is 1. The first-order chi connectivity index (χ1) is 12.3. The minimum Gasteiger partial charge on any atom is -0.396 e. The Hall–Kier alpha value is -2.47. The normalized spacial score (nSPS) is 15.2. The molecule has 2 aromatic rings. The molecule has 3 rings (SSSR count). The molecule has 0 saturated carbocycles. The van der Waals surface area contributed by atoms with E-state index in [1.807, 2.05) is 30.3 Å². The van der Waals surface area contributed by atoms with Crippen molar-refractivity contribution in [3.05, 3.63) is 54.0 Å². The second-order valence-corrected chi connectivity index (χ2v) is 6.38. The van der Waals surface area contributed by atoms with Crippen LogP contribution in [0, 0.1) is 5.92 Å². The number of carbonyl (C=O) groups is 1. The number of carbonyl (C=O) groups excluding carboxylic acids is 1. The van der Waals surface area contributed by atoms with Gasteiger partial charge in [-0.2, -0.15) is 0 Å². The van der Waals surface area contributed by atoms with Crippen molar-refractivity contribution >= 4 is 11.7 Å². The number of aromatic nitrogens is 2. The molecule has 1 amide bonds. The molecule has 2 aromatic heterocycles.